The van der Waals surface area contributed by atoms with Crippen molar-refractivity contribution in [2.75, 3.05) is 24.6 Å². The van der Waals surface area contributed by atoms with Gasteiger partial charge < -0.3 is 20.6 Å². The number of carbonyl (C=O) groups excluding carboxylic acids is 1. The summed E-state index contributed by atoms with van der Waals surface area (Å²) in [5.74, 6) is 0.890. The van der Waals surface area contributed by atoms with Crippen LogP contribution in [0.1, 0.15) is 45.6 Å². The zero-order valence-corrected chi connectivity index (χ0v) is 15.8. The molecule has 0 aromatic heterocycles. The van der Waals surface area contributed by atoms with Crippen molar-refractivity contribution in [1.29, 1.82) is 0 Å². The van der Waals surface area contributed by atoms with E-state index in [1.54, 1.807) is 0 Å². The Labute approximate surface area is 151 Å². The fourth-order valence-electron chi connectivity index (χ4n) is 3.34. The Morgan fingerprint density at radius 1 is 1.24 bits per heavy atom. The SMILES string of the molecule is CC[C@H](NC(=O)NCc1ccc(N2CCC(CO)CC2)cc1)C(C)C. The number of hydrogen-bond acceptors (Lipinski definition) is 3. The Bertz CT molecular complexity index is 522. The number of aliphatic hydroxyl groups is 1. The molecule has 0 spiro atoms. The minimum atomic E-state index is -0.101. The Hall–Kier alpha value is -1.75. The minimum Gasteiger partial charge on any atom is -0.396 e. The number of carbonyl (C=O) groups is 1. The highest BCUT2D eigenvalue weighted by Gasteiger charge is 2.18. The van der Waals surface area contributed by atoms with E-state index in [9.17, 15) is 9.90 Å². The standard InChI is InChI=1S/C20H33N3O2/c1-4-19(15(2)3)22-20(25)21-13-16-5-7-18(8-6-16)23-11-9-17(14-24)10-12-23/h5-8,15,17,19,24H,4,9-14H2,1-3H3,(H2,21,22,25)/t19-/m0/s1. The number of nitrogens with zero attached hydrogens (tertiary/aromatic N) is 1. The summed E-state index contributed by atoms with van der Waals surface area (Å²) >= 11 is 0. The molecule has 25 heavy (non-hydrogen) atoms. The molecule has 1 aromatic rings. The van der Waals surface area contributed by atoms with Crippen LogP contribution in [0.3, 0.4) is 0 Å². The van der Waals surface area contributed by atoms with Crippen molar-refractivity contribution in [2.45, 2.75) is 52.6 Å². The van der Waals surface area contributed by atoms with Crippen LogP contribution in [0, 0.1) is 11.8 Å². The molecule has 1 heterocycles. The Balaban J connectivity index is 1.79. The van der Waals surface area contributed by atoms with Crippen LogP contribution in [0.15, 0.2) is 24.3 Å². The van der Waals surface area contributed by atoms with Crippen LogP contribution in [0.5, 0.6) is 0 Å². The molecule has 0 radical (unpaired) electrons. The predicted octanol–water partition coefficient (Wildman–Crippen LogP) is 3.13. The van der Waals surface area contributed by atoms with Gasteiger partial charge in [-0.2, -0.15) is 0 Å². The second-order valence-electron chi connectivity index (χ2n) is 7.37. The average molecular weight is 348 g/mol. The first-order valence-corrected chi connectivity index (χ1v) is 9.52. The summed E-state index contributed by atoms with van der Waals surface area (Å²) < 4.78 is 0. The van der Waals surface area contributed by atoms with E-state index in [1.165, 1.54) is 5.69 Å². The molecule has 1 fully saturated rings. The van der Waals surface area contributed by atoms with Crippen LogP contribution >= 0.6 is 0 Å². The number of benzene rings is 1. The Morgan fingerprint density at radius 3 is 2.40 bits per heavy atom. The lowest BCUT2D eigenvalue weighted by atomic mass is 9.97. The average Bonchev–Trinajstić information content (AvgIpc) is 2.64. The van der Waals surface area contributed by atoms with Gasteiger partial charge in [-0.15, -0.1) is 0 Å². The number of urea groups is 1. The van der Waals surface area contributed by atoms with E-state index in [-0.39, 0.29) is 12.1 Å². The van der Waals surface area contributed by atoms with Gasteiger partial charge in [-0.25, -0.2) is 4.79 Å². The molecule has 1 aromatic carbocycles. The highest BCUT2D eigenvalue weighted by molar-refractivity contribution is 5.74. The summed E-state index contributed by atoms with van der Waals surface area (Å²) in [4.78, 5) is 14.4. The third-order valence-corrected chi connectivity index (χ3v) is 5.19. The van der Waals surface area contributed by atoms with Crippen molar-refractivity contribution in [1.82, 2.24) is 10.6 Å². The van der Waals surface area contributed by atoms with E-state index in [4.69, 9.17) is 0 Å². The van der Waals surface area contributed by atoms with E-state index in [0.29, 0.717) is 25.0 Å². The first-order chi connectivity index (χ1) is 12.0. The van der Waals surface area contributed by atoms with Crippen LogP contribution < -0.4 is 15.5 Å². The Kier molecular flexibility index (Phi) is 7.56. The second-order valence-corrected chi connectivity index (χ2v) is 7.37. The molecule has 0 unspecified atom stereocenters. The maximum atomic E-state index is 12.0. The molecule has 0 aliphatic carbocycles. The van der Waals surface area contributed by atoms with E-state index >= 15 is 0 Å². The molecule has 1 atom stereocenters. The van der Waals surface area contributed by atoms with Gasteiger partial charge in [-0.3, -0.25) is 0 Å². The molecule has 1 saturated heterocycles. The predicted molar refractivity (Wildman–Crippen MR) is 103 cm³/mol. The van der Waals surface area contributed by atoms with Gasteiger partial charge in [0.05, 0.1) is 0 Å². The number of aliphatic hydroxyl groups excluding tert-OH is 1. The molecule has 3 N–H and O–H groups in total. The number of amides is 2. The summed E-state index contributed by atoms with van der Waals surface area (Å²) in [6, 6.07) is 8.51. The van der Waals surface area contributed by atoms with Crippen molar-refractivity contribution in [2.24, 2.45) is 11.8 Å². The van der Waals surface area contributed by atoms with Gasteiger partial charge in [-0.1, -0.05) is 32.9 Å². The fourth-order valence-corrected chi connectivity index (χ4v) is 3.34. The second kappa shape index (κ2) is 9.66. The van der Waals surface area contributed by atoms with Gasteiger partial charge in [0.15, 0.2) is 0 Å². The molecule has 1 aliphatic rings. The molecule has 0 bridgehead atoms. The fraction of sp³-hybridized carbons (Fsp3) is 0.650. The third-order valence-electron chi connectivity index (χ3n) is 5.19. The lowest BCUT2D eigenvalue weighted by molar-refractivity contribution is 0.203. The van der Waals surface area contributed by atoms with Gasteiger partial charge in [0.2, 0.25) is 0 Å². The smallest absolute Gasteiger partial charge is 0.315 e. The number of nitrogens with one attached hydrogen (secondary N) is 2. The molecule has 2 amide bonds. The normalized spacial score (nSPS) is 16.8. The van der Waals surface area contributed by atoms with Crippen molar-refractivity contribution in [3.63, 3.8) is 0 Å². The van der Waals surface area contributed by atoms with Gasteiger partial charge in [0.25, 0.3) is 0 Å². The maximum Gasteiger partial charge on any atom is 0.315 e. The molecule has 5 heteroatoms. The summed E-state index contributed by atoms with van der Waals surface area (Å²) in [6.45, 7) is 9.17. The number of rotatable bonds is 7. The van der Waals surface area contributed by atoms with E-state index in [0.717, 1.165) is 37.9 Å². The summed E-state index contributed by atoms with van der Waals surface area (Å²) in [6.07, 6.45) is 3.04. The maximum absolute atomic E-state index is 12.0. The highest BCUT2D eigenvalue weighted by atomic mass is 16.3. The molecule has 2 rings (SSSR count). The quantitative estimate of drug-likeness (QED) is 0.710. The van der Waals surface area contributed by atoms with Crippen LogP contribution in [0.4, 0.5) is 10.5 Å². The first-order valence-electron chi connectivity index (χ1n) is 9.52. The van der Waals surface area contributed by atoms with Crippen molar-refractivity contribution >= 4 is 11.7 Å². The van der Waals surface area contributed by atoms with E-state index in [1.807, 2.05) is 0 Å². The number of hydrogen-bond donors (Lipinski definition) is 3. The molecular formula is C20H33N3O2. The molecule has 140 valence electrons. The van der Waals surface area contributed by atoms with Crippen molar-refractivity contribution < 1.29 is 9.90 Å². The summed E-state index contributed by atoms with van der Waals surface area (Å²) in [5.41, 5.74) is 2.32. The monoisotopic (exact) mass is 347 g/mol. The molecule has 0 saturated carbocycles. The Morgan fingerprint density at radius 2 is 1.88 bits per heavy atom. The van der Waals surface area contributed by atoms with Crippen LogP contribution in [-0.4, -0.2) is 36.9 Å². The van der Waals surface area contributed by atoms with E-state index < -0.39 is 0 Å². The van der Waals surface area contributed by atoms with Gasteiger partial charge in [-0.05, 0) is 48.8 Å². The molecule has 1 aliphatic heterocycles. The van der Waals surface area contributed by atoms with Gasteiger partial charge >= 0.3 is 6.03 Å². The molecule has 5 nitrogen and oxygen atoms in total. The van der Waals surface area contributed by atoms with Crippen LogP contribution in [0.25, 0.3) is 0 Å². The van der Waals surface area contributed by atoms with Crippen molar-refractivity contribution in [3.05, 3.63) is 29.8 Å². The lowest BCUT2D eigenvalue weighted by Crippen LogP contribution is -2.43. The van der Waals surface area contributed by atoms with Crippen molar-refractivity contribution in [3.8, 4) is 0 Å². The first kappa shape index (κ1) is 19.6. The topological polar surface area (TPSA) is 64.6 Å². The number of anilines is 1. The summed E-state index contributed by atoms with van der Waals surface area (Å²) in [7, 11) is 0. The molecular weight excluding hydrogens is 314 g/mol. The van der Waals surface area contributed by atoms with E-state index in [2.05, 4.69) is 60.6 Å². The highest BCUT2D eigenvalue weighted by Crippen LogP contribution is 2.23. The zero-order valence-electron chi connectivity index (χ0n) is 15.8. The number of piperidine rings is 1. The largest absolute Gasteiger partial charge is 0.396 e. The van der Waals surface area contributed by atoms with Gasteiger partial charge in [0, 0.05) is 38.0 Å². The third kappa shape index (κ3) is 5.92. The van der Waals surface area contributed by atoms with Gasteiger partial charge in [0.1, 0.15) is 0 Å². The van der Waals surface area contributed by atoms with Crippen LogP contribution in [0.2, 0.25) is 0 Å². The zero-order chi connectivity index (χ0) is 18.2. The lowest BCUT2D eigenvalue weighted by Gasteiger charge is -2.33. The van der Waals surface area contributed by atoms with Crippen LogP contribution in [-0.2, 0) is 6.54 Å². The minimum absolute atomic E-state index is 0.101. The summed E-state index contributed by atoms with van der Waals surface area (Å²) in [5, 5.41) is 15.2.